The Hall–Kier alpha value is -2.95. The number of carbonyl (C=O) groups is 2. The second kappa shape index (κ2) is 10.6. The number of primary amides is 1. The summed E-state index contributed by atoms with van der Waals surface area (Å²) in [7, 11) is 2.00. The first-order valence-electron chi connectivity index (χ1n) is 12.1. The average molecular weight is 504 g/mol. The molecule has 0 aliphatic carbocycles. The largest absolute Gasteiger partial charge is 0.416 e. The van der Waals surface area contributed by atoms with Gasteiger partial charge in [-0.05, 0) is 53.9 Å². The van der Waals surface area contributed by atoms with E-state index in [2.05, 4.69) is 10.2 Å². The Labute approximate surface area is 209 Å². The van der Waals surface area contributed by atoms with Crippen molar-refractivity contribution in [1.82, 2.24) is 14.7 Å². The van der Waals surface area contributed by atoms with Gasteiger partial charge in [-0.2, -0.15) is 13.2 Å². The molecule has 0 aromatic heterocycles. The molecule has 2 aromatic carbocycles. The minimum absolute atomic E-state index is 0.0934. The average Bonchev–Trinajstić information content (AvgIpc) is 2.80. The van der Waals surface area contributed by atoms with Crippen molar-refractivity contribution in [3.8, 4) is 0 Å². The van der Waals surface area contributed by atoms with Crippen LogP contribution in [0.15, 0.2) is 36.4 Å². The first kappa shape index (κ1) is 26.1. The van der Waals surface area contributed by atoms with E-state index in [1.807, 2.05) is 29.8 Å². The van der Waals surface area contributed by atoms with Gasteiger partial charge in [0.1, 0.15) is 0 Å². The lowest BCUT2D eigenvalue weighted by Crippen LogP contribution is -2.44. The van der Waals surface area contributed by atoms with Gasteiger partial charge in [0.05, 0.1) is 12.1 Å². The van der Waals surface area contributed by atoms with Crippen LogP contribution in [0.3, 0.4) is 0 Å². The fourth-order valence-corrected chi connectivity index (χ4v) is 5.00. The van der Waals surface area contributed by atoms with Crippen LogP contribution in [-0.4, -0.2) is 72.8 Å². The third kappa shape index (κ3) is 6.24. The van der Waals surface area contributed by atoms with Gasteiger partial charge in [0.2, 0.25) is 5.91 Å². The Kier molecular flexibility index (Phi) is 7.67. The highest BCUT2D eigenvalue weighted by molar-refractivity contribution is 6.04. The summed E-state index contributed by atoms with van der Waals surface area (Å²) in [5.41, 5.74) is 7.22. The second-order valence-corrected chi connectivity index (χ2v) is 9.85. The number of alkyl halides is 3. The topological polar surface area (TPSA) is 81.9 Å². The zero-order valence-electron chi connectivity index (χ0n) is 20.6. The number of anilines is 1. The van der Waals surface area contributed by atoms with Gasteiger partial charge in [-0.15, -0.1) is 0 Å². The number of rotatable bonds is 6. The van der Waals surface area contributed by atoms with E-state index in [0.717, 1.165) is 30.3 Å². The predicted molar refractivity (Wildman–Crippen MR) is 131 cm³/mol. The molecule has 1 atom stereocenters. The molecule has 0 spiro atoms. The Morgan fingerprint density at radius 3 is 2.44 bits per heavy atom. The zero-order chi connectivity index (χ0) is 26.0. The van der Waals surface area contributed by atoms with Gasteiger partial charge in [-0.25, -0.2) is 0 Å². The summed E-state index contributed by atoms with van der Waals surface area (Å²) in [6, 6.07) is 9.28. The first-order valence-corrected chi connectivity index (χ1v) is 12.1. The number of piperazine rings is 1. The summed E-state index contributed by atoms with van der Waals surface area (Å²) >= 11 is 0. The molecule has 1 fully saturated rings. The number of carbonyl (C=O) groups excluding carboxylic acids is 2. The fraction of sp³-hybridized carbons (Fsp3) is 0.462. The van der Waals surface area contributed by atoms with Crippen molar-refractivity contribution in [1.29, 1.82) is 0 Å². The lowest BCUT2D eigenvalue weighted by Gasteiger charge is -2.33. The predicted octanol–water partition coefficient (Wildman–Crippen LogP) is 3.11. The third-order valence-corrected chi connectivity index (χ3v) is 6.90. The molecule has 2 heterocycles. The van der Waals surface area contributed by atoms with Crippen LogP contribution in [0, 0.1) is 0 Å². The summed E-state index contributed by atoms with van der Waals surface area (Å²) in [5.74, 6) is -0.749. The highest BCUT2D eigenvalue weighted by atomic mass is 19.4. The standard InChI is InChI=1S/C26H32F3N5O2/c1-17-13-34(16-24(30)35)15-20-11-18(4-6-22(17)20)25(36)31-21-5-3-19(23(12-21)26(27,28)29)14-33-9-7-32(2)8-10-33/h3-6,11-12,17H,7-10,13-16H2,1-2H3,(H2,30,35)(H,31,36)/t17-/m0/s1. The van der Waals surface area contributed by atoms with Gasteiger partial charge in [0, 0.05) is 57.1 Å². The number of nitrogens with zero attached hydrogens (tertiary/aromatic N) is 3. The smallest absolute Gasteiger partial charge is 0.369 e. The van der Waals surface area contributed by atoms with Gasteiger partial charge >= 0.3 is 6.18 Å². The summed E-state index contributed by atoms with van der Waals surface area (Å²) in [6.45, 7) is 6.58. The molecule has 2 amide bonds. The first-order chi connectivity index (χ1) is 17.0. The molecule has 2 aromatic rings. The normalized spacial score (nSPS) is 19.6. The van der Waals surface area contributed by atoms with Crippen molar-refractivity contribution in [2.75, 3.05) is 51.6 Å². The van der Waals surface area contributed by atoms with Gasteiger partial charge in [-0.3, -0.25) is 19.4 Å². The molecule has 10 heteroatoms. The molecule has 4 rings (SSSR count). The van der Waals surface area contributed by atoms with Crippen molar-refractivity contribution in [2.45, 2.75) is 32.1 Å². The molecular formula is C26H32F3N5O2. The Morgan fingerprint density at radius 2 is 1.78 bits per heavy atom. The van der Waals surface area contributed by atoms with Crippen molar-refractivity contribution in [2.24, 2.45) is 5.73 Å². The Morgan fingerprint density at radius 1 is 1.06 bits per heavy atom. The molecule has 2 aliphatic rings. The van der Waals surface area contributed by atoms with E-state index in [1.54, 1.807) is 12.1 Å². The lowest BCUT2D eigenvalue weighted by molar-refractivity contribution is -0.138. The Bertz CT molecular complexity index is 1130. The van der Waals surface area contributed by atoms with Crippen molar-refractivity contribution >= 4 is 17.5 Å². The minimum Gasteiger partial charge on any atom is -0.369 e. The SMILES string of the molecule is C[C@H]1CN(CC(N)=O)Cc2cc(C(=O)Nc3ccc(CN4CCN(C)CC4)c(C(F)(F)F)c3)ccc21. The summed E-state index contributed by atoms with van der Waals surface area (Å²) < 4.78 is 41.6. The van der Waals surface area contributed by atoms with E-state index in [4.69, 9.17) is 5.73 Å². The van der Waals surface area contributed by atoms with Crippen molar-refractivity contribution in [3.05, 3.63) is 64.2 Å². The third-order valence-electron chi connectivity index (χ3n) is 6.90. The number of nitrogens with one attached hydrogen (secondary N) is 1. The maximum absolute atomic E-state index is 13.9. The quantitative estimate of drug-likeness (QED) is 0.633. The van der Waals surface area contributed by atoms with Crippen molar-refractivity contribution in [3.63, 3.8) is 0 Å². The summed E-state index contributed by atoms with van der Waals surface area (Å²) in [6.07, 6.45) is -4.53. The molecule has 0 unspecified atom stereocenters. The monoisotopic (exact) mass is 503 g/mol. The number of likely N-dealkylation sites (N-methyl/N-ethyl adjacent to an activating group) is 1. The molecule has 7 nitrogen and oxygen atoms in total. The van der Waals surface area contributed by atoms with Gasteiger partial charge in [-0.1, -0.05) is 19.1 Å². The molecule has 36 heavy (non-hydrogen) atoms. The molecule has 3 N–H and O–H groups in total. The number of hydrogen-bond donors (Lipinski definition) is 2. The molecule has 0 saturated carbocycles. The summed E-state index contributed by atoms with van der Waals surface area (Å²) in [5, 5.41) is 2.62. The maximum Gasteiger partial charge on any atom is 0.416 e. The van der Waals surface area contributed by atoms with E-state index in [0.29, 0.717) is 31.7 Å². The molecule has 0 radical (unpaired) electrons. The van der Waals surface area contributed by atoms with Crippen LogP contribution in [0.2, 0.25) is 0 Å². The van der Waals surface area contributed by atoms with Crippen LogP contribution < -0.4 is 11.1 Å². The van der Waals surface area contributed by atoms with E-state index in [-0.39, 0.29) is 30.3 Å². The highest BCUT2D eigenvalue weighted by Gasteiger charge is 2.34. The van der Waals surface area contributed by atoms with Crippen LogP contribution in [0.25, 0.3) is 0 Å². The van der Waals surface area contributed by atoms with E-state index in [9.17, 15) is 22.8 Å². The number of nitrogens with two attached hydrogens (primary N) is 1. The van der Waals surface area contributed by atoms with Crippen molar-refractivity contribution < 1.29 is 22.8 Å². The number of benzene rings is 2. The van der Waals surface area contributed by atoms with Crippen LogP contribution in [0.5, 0.6) is 0 Å². The zero-order valence-corrected chi connectivity index (χ0v) is 20.6. The molecule has 1 saturated heterocycles. The van der Waals surface area contributed by atoms with Crippen LogP contribution >= 0.6 is 0 Å². The van der Waals surface area contributed by atoms with E-state index < -0.39 is 23.6 Å². The second-order valence-electron chi connectivity index (χ2n) is 9.85. The number of fused-ring (bicyclic) bond motifs is 1. The van der Waals surface area contributed by atoms with E-state index in [1.165, 1.54) is 12.1 Å². The molecular weight excluding hydrogens is 471 g/mol. The molecule has 2 aliphatic heterocycles. The lowest BCUT2D eigenvalue weighted by atomic mass is 9.89. The van der Waals surface area contributed by atoms with Gasteiger partial charge in [0.15, 0.2) is 0 Å². The number of halogens is 3. The van der Waals surface area contributed by atoms with Gasteiger partial charge < -0.3 is 16.0 Å². The number of amides is 2. The van der Waals surface area contributed by atoms with E-state index >= 15 is 0 Å². The molecule has 194 valence electrons. The molecule has 0 bridgehead atoms. The minimum atomic E-state index is -4.53. The fourth-order valence-electron chi connectivity index (χ4n) is 5.00. The highest BCUT2D eigenvalue weighted by Crippen LogP contribution is 2.35. The van der Waals surface area contributed by atoms with Crippen LogP contribution in [0.1, 0.15) is 45.5 Å². The summed E-state index contributed by atoms with van der Waals surface area (Å²) in [4.78, 5) is 30.4. The van der Waals surface area contributed by atoms with Crippen LogP contribution in [-0.2, 0) is 24.1 Å². The Balaban J connectivity index is 1.51. The van der Waals surface area contributed by atoms with Crippen LogP contribution in [0.4, 0.5) is 18.9 Å². The number of hydrogen-bond acceptors (Lipinski definition) is 5. The maximum atomic E-state index is 13.9. The van der Waals surface area contributed by atoms with Gasteiger partial charge in [0.25, 0.3) is 5.91 Å².